The molecule has 94 valence electrons. The number of nitrogens with zero attached hydrogens (tertiary/aromatic N) is 2. The average Bonchev–Trinajstić information content (AvgIpc) is 3.14. The summed E-state index contributed by atoms with van der Waals surface area (Å²) in [5.41, 5.74) is 1.98. The summed E-state index contributed by atoms with van der Waals surface area (Å²) >= 11 is 0. The Bertz CT molecular complexity index is 361. The fraction of sp³-hybridized carbons (Fsp3) is 0.643. The van der Waals surface area contributed by atoms with Crippen molar-refractivity contribution >= 4 is 5.69 Å². The van der Waals surface area contributed by atoms with Gasteiger partial charge in [0.1, 0.15) is 0 Å². The van der Waals surface area contributed by atoms with Crippen molar-refractivity contribution in [2.24, 2.45) is 5.92 Å². The van der Waals surface area contributed by atoms with E-state index >= 15 is 0 Å². The maximum atomic E-state index is 9.14. The van der Waals surface area contributed by atoms with E-state index in [0.29, 0.717) is 6.04 Å². The fourth-order valence-electron chi connectivity index (χ4n) is 2.04. The van der Waals surface area contributed by atoms with Crippen molar-refractivity contribution in [2.75, 3.05) is 11.4 Å². The molecule has 1 saturated carbocycles. The molecular weight excluding hydrogens is 212 g/mol. The third-order valence-electron chi connectivity index (χ3n) is 3.23. The van der Waals surface area contributed by atoms with Gasteiger partial charge in [-0.15, -0.1) is 0 Å². The molecule has 0 aliphatic heterocycles. The van der Waals surface area contributed by atoms with Gasteiger partial charge in [0, 0.05) is 24.5 Å². The summed E-state index contributed by atoms with van der Waals surface area (Å²) in [5, 5.41) is 9.14. The summed E-state index contributed by atoms with van der Waals surface area (Å²) in [6, 6.07) is 4.78. The predicted molar refractivity (Wildman–Crippen MR) is 70.0 cm³/mol. The first-order valence-corrected chi connectivity index (χ1v) is 6.53. The molecule has 0 unspecified atom stereocenters. The Kier molecular flexibility index (Phi) is 4.00. The van der Waals surface area contributed by atoms with Crippen molar-refractivity contribution in [1.29, 1.82) is 0 Å². The lowest BCUT2D eigenvalue weighted by atomic mass is 10.1. The third kappa shape index (κ3) is 3.43. The topological polar surface area (TPSA) is 36.4 Å². The zero-order valence-electron chi connectivity index (χ0n) is 10.8. The molecule has 1 aliphatic carbocycles. The highest BCUT2D eigenvalue weighted by atomic mass is 16.3. The van der Waals surface area contributed by atoms with Gasteiger partial charge in [-0.3, -0.25) is 4.98 Å². The van der Waals surface area contributed by atoms with Gasteiger partial charge in [-0.05, 0) is 37.3 Å². The molecule has 1 aromatic heterocycles. The van der Waals surface area contributed by atoms with Crippen LogP contribution in [0.25, 0.3) is 0 Å². The van der Waals surface area contributed by atoms with Crippen molar-refractivity contribution in [1.82, 2.24) is 4.98 Å². The van der Waals surface area contributed by atoms with Crippen molar-refractivity contribution in [3.8, 4) is 0 Å². The highest BCUT2D eigenvalue weighted by Gasteiger charge is 2.29. The van der Waals surface area contributed by atoms with E-state index in [1.165, 1.54) is 24.9 Å². The normalized spacial score (nSPS) is 15.3. The van der Waals surface area contributed by atoms with Gasteiger partial charge < -0.3 is 10.0 Å². The number of rotatable bonds is 6. The van der Waals surface area contributed by atoms with Crippen LogP contribution in [0.3, 0.4) is 0 Å². The minimum atomic E-state index is 0.0243. The number of aromatic nitrogens is 1. The summed E-state index contributed by atoms with van der Waals surface area (Å²) in [7, 11) is 0. The molecule has 1 heterocycles. The summed E-state index contributed by atoms with van der Waals surface area (Å²) < 4.78 is 0. The molecule has 0 amide bonds. The molecule has 17 heavy (non-hydrogen) atoms. The predicted octanol–water partition coefficient (Wildman–Crippen LogP) is 2.59. The first-order valence-electron chi connectivity index (χ1n) is 6.53. The lowest BCUT2D eigenvalue weighted by Crippen LogP contribution is -2.27. The highest BCUT2D eigenvalue weighted by molar-refractivity contribution is 5.48. The molecule has 2 rings (SSSR count). The van der Waals surface area contributed by atoms with Crippen LogP contribution in [-0.2, 0) is 6.61 Å². The minimum absolute atomic E-state index is 0.0243. The first-order chi connectivity index (χ1) is 8.20. The van der Waals surface area contributed by atoms with Gasteiger partial charge in [-0.1, -0.05) is 13.8 Å². The SMILES string of the molecule is CC(C)CCN(c1ccnc(CO)c1)C1CC1. The Labute approximate surface area is 103 Å². The van der Waals surface area contributed by atoms with Gasteiger partial charge >= 0.3 is 0 Å². The molecule has 0 spiro atoms. The van der Waals surface area contributed by atoms with E-state index in [0.717, 1.165) is 18.2 Å². The Morgan fingerprint density at radius 1 is 1.47 bits per heavy atom. The number of hydrogen-bond acceptors (Lipinski definition) is 3. The van der Waals surface area contributed by atoms with Gasteiger partial charge in [0.2, 0.25) is 0 Å². The van der Waals surface area contributed by atoms with Gasteiger partial charge in [0.05, 0.1) is 12.3 Å². The van der Waals surface area contributed by atoms with Crippen molar-refractivity contribution < 1.29 is 5.11 Å². The smallest absolute Gasteiger partial charge is 0.0853 e. The standard InChI is InChI=1S/C14H22N2O/c1-11(2)6-8-16(13-3-4-13)14-5-7-15-12(9-14)10-17/h5,7,9,11,13,17H,3-4,6,8,10H2,1-2H3. The van der Waals surface area contributed by atoms with Crippen molar-refractivity contribution in [2.45, 2.75) is 45.8 Å². The molecule has 0 atom stereocenters. The molecule has 1 aromatic rings. The van der Waals surface area contributed by atoms with Crippen LogP contribution in [0.4, 0.5) is 5.69 Å². The molecule has 3 heteroatoms. The Morgan fingerprint density at radius 2 is 2.24 bits per heavy atom. The number of aliphatic hydroxyl groups is 1. The number of anilines is 1. The zero-order chi connectivity index (χ0) is 12.3. The first kappa shape index (κ1) is 12.4. The second kappa shape index (κ2) is 5.50. The lowest BCUT2D eigenvalue weighted by molar-refractivity contribution is 0.277. The molecule has 0 aromatic carbocycles. The van der Waals surface area contributed by atoms with Gasteiger partial charge in [0.15, 0.2) is 0 Å². The molecule has 1 N–H and O–H groups in total. The quantitative estimate of drug-likeness (QED) is 0.822. The highest BCUT2D eigenvalue weighted by Crippen LogP contribution is 2.32. The van der Waals surface area contributed by atoms with Crippen LogP contribution in [0.2, 0.25) is 0 Å². The van der Waals surface area contributed by atoms with Crippen LogP contribution >= 0.6 is 0 Å². The number of hydrogen-bond donors (Lipinski definition) is 1. The summed E-state index contributed by atoms with van der Waals surface area (Å²) in [6.45, 7) is 5.65. The van der Waals surface area contributed by atoms with E-state index < -0.39 is 0 Å². The summed E-state index contributed by atoms with van der Waals surface area (Å²) in [5.74, 6) is 0.732. The van der Waals surface area contributed by atoms with Crippen LogP contribution in [0.1, 0.15) is 38.8 Å². The maximum absolute atomic E-state index is 9.14. The second-order valence-electron chi connectivity index (χ2n) is 5.27. The van der Waals surface area contributed by atoms with Gasteiger partial charge in [-0.2, -0.15) is 0 Å². The molecule has 0 saturated heterocycles. The van der Waals surface area contributed by atoms with E-state index in [1.807, 2.05) is 6.07 Å². The van der Waals surface area contributed by atoms with Crippen LogP contribution in [0, 0.1) is 5.92 Å². The van der Waals surface area contributed by atoms with E-state index in [2.05, 4.69) is 29.8 Å². The molecular formula is C14H22N2O. The molecule has 0 bridgehead atoms. The van der Waals surface area contributed by atoms with Crippen LogP contribution in [-0.4, -0.2) is 22.7 Å². The third-order valence-corrected chi connectivity index (χ3v) is 3.23. The number of aliphatic hydroxyl groups excluding tert-OH is 1. The van der Waals surface area contributed by atoms with E-state index in [1.54, 1.807) is 6.20 Å². The number of pyridine rings is 1. The zero-order valence-corrected chi connectivity index (χ0v) is 10.8. The van der Waals surface area contributed by atoms with Crippen molar-refractivity contribution in [3.63, 3.8) is 0 Å². The molecule has 1 aliphatic rings. The van der Waals surface area contributed by atoms with Crippen molar-refractivity contribution in [3.05, 3.63) is 24.0 Å². The summed E-state index contributed by atoms with van der Waals surface area (Å²) in [6.07, 6.45) is 5.61. The van der Waals surface area contributed by atoms with Gasteiger partial charge in [0.25, 0.3) is 0 Å². The fourth-order valence-corrected chi connectivity index (χ4v) is 2.04. The van der Waals surface area contributed by atoms with E-state index in [9.17, 15) is 0 Å². The monoisotopic (exact) mass is 234 g/mol. The lowest BCUT2D eigenvalue weighted by Gasteiger charge is -2.25. The van der Waals surface area contributed by atoms with E-state index in [-0.39, 0.29) is 6.61 Å². The average molecular weight is 234 g/mol. The molecule has 0 radical (unpaired) electrons. The van der Waals surface area contributed by atoms with E-state index in [4.69, 9.17) is 5.11 Å². The van der Waals surface area contributed by atoms with Gasteiger partial charge in [-0.25, -0.2) is 0 Å². The maximum Gasteiger partial charge on any atom is 0.0853 e. The van der Waals surface area contributed by atoms with Crippen LogP contribution < -0.4 is 4.90 Å². The second-order valence-corrected chi connectivity index (χ2v) is 5.27. The minimum Gasteiger partial charge on any atom is -0.390 e. The van der Waals surface area contributed by atoms with Crippen LogP contribution in [0.5, 0.6) is 0 Å². The Balaban J connectivity index is 2.08. The Hall–Kier alpha value is -1.09. The summed E-state index contributed by atoms with van der Waals surface area (Å²) in [4.78, 5) is 6.61. The largest absolute Gasteiger partial charge is 0.390 e. The molecule has 3 nitrogen and oxygen atoms in total. The van der Waals surface area contributed by atoms with Crippen LogP contribution in [0.15, 0.2) is 18.3 Å². The molecule has 1 fully saturated rings. The Morgan fingerprint density at radius 3 is 2.82 bits per heavy atom.